The minimum atomic E-state index is -1.65. The van der Waals surface area contributed by atoms with Gasteiger partial charge in [-0.25, -0.2) is 0 Å². The van der Waals surface area contributed by atoms with E-state index in [0.29, 0.717) is 6.42 Å². The zero-order valence-electron chi connectivity index (χ0n) is 52.9. The molecule has 0 spiro atoms. The van der Waals surface area contributed by atoms with Gasteiger partial charge in [0.15, 0.2) is 18.9 Å². The number of hydrogen-bond donors (Lipinski definition) is 16. The van der Waals surface area contributed by atoms with E-state index in [2.05, 4.69) is 15.8 Å². The van der Waals surface area contributed by atoms with Gasteiger partial charge in [0.2, 0.25) is 0 Å². The average molecular weight is 1380 g/mol. The number of nitrogens with two attached hydrogens (primary N) is 1. The fraction of sp³-hybridized carbons (Fsp3) is 1.00. The summed E-state index contributed by atoms with van der Waals surface area (Å²) < 4.78 is 70.7. The number of aliphatic hydroxyl groups is 15. The zero-order chi connectivity index (χ0) is 70.6. The van der Waals surface area contributed by atoms with E-state index in [1.165, 1.54) is 49.2 Å². The van der Waals surface area contributed by atoms with Crippen LogP contribution in [0.1, 0.15) is 34.1 Å². The van der Waals surface area contributed by atoms with Crippen LogP contribution < -0.4 is 5.73 Å². The van der Waals surface area contributed by atoms with Gasteiger partial charge in [0, 0.05) is 49.9 Å². The van der Waals surface area contributed by atoms with Crippen molar-refractivity contribution in [1.82, 2.24) is 15.0 Å². The van der Waals surface area contributed by atoms with Crippen LogP contribution in [0, 0.1) is 31.2 Å². The van der Waals surface area contributed by atoms with Crippen molar-refractivity contribution in [1.29, 1.82) is 0 Å². The fourth-order valence-corrected chi connectivity index (χ4v) is 11.3. The third-order valence-electron chi connectivity index (χ3n) is 16.5. The van der Waals surface area contributed by atoms with E-state index in [1.54, 1.807) is 6.92 Å². The van der Waals surface area contributed by atoms with Crippen molar-refractivity contribution in [2.24, 2.45) is 21.6 Å². The molecule has 44 heteroatoms. The Bertz CT molecular complexity index is 2140. The lowest BCUT2D eigenvalue weighted by molar-refractivity contribution is -0.693. The molecule has 6 unspecified atom stereocenters. The van der Waals surface area contributed by atoms with Gasteiger partial charge in [0.1, 0.15) is 173 Å². The van der Waals surface area contributed by atoms with E-state index in [9.17, 15) is 108 Å². The number of methoxy groups -OCH3 is 4. The first kappa shape index (κ1) is 82.3. The van der Waals surface area contributed by atoms with Crippen molar-refractivity contribution in [3.63, 3.8) is 0 Å². The van der Waals surface area contributed by atoms with Crippen molar-refractivity contribution in [3.8, 4) is 0 Å². The highest BCUT2D eigenvalue weighted by molar-refractivity contribution is 4.99. The second-order valence-electron chi connectivity index (χ2n) is 22.6. The molecule has 44 nitrogen and oxygen atoms in total. The number of hydrazine groups is 3. The average Bonchev–Trinajstić information content (AvgIpc) is 0.811. The predicted octanol–water partition coefficient (Wildman–Crippen LogP) is -9.95. The molecular weight excluding hydrogens is 1280 g/mol. The Labute approximate surface area is 538 Å². The van der Waals surface area contributed by atoms with E-state index < -0.39 is 203 Å². The van der Waals surface area contributed by atoms with Gasteiger partial charge in [-0.3, -0.25) is 0 Å². The van der Waals surface area contributed by atoms with Crippen LogP contribution in [0.2, 0.25) is 0 Å². The van der Waals surface area contributed by atoms with Gasteiger partial charge < -0.3 is 175 Å². The third kappa shape index (κ3) is 20.5. The number of hydrogen-bond acceptors (Lipinski definition) is 38. The Morgan fingerprint density at radius 1 is 0.394 bits per heavy atom. The largest absolute Gasteiger partial charge is 0.737 e. The zero-order valence-corrected chi connectivity index (χ0v) is 52.9. The van der Waals surface area contributed by atoms with Crippen molar-refractivity contribution in [3.05, 3.63) is 31.2 Å². The molecule has 0 aromatic carbocycles. The first-order chi connectivity index (χ1) is 44.6. The molecule has 0 amide bonds. The van der Waals surface area contributed by atoms with Crippen LogP contribution in [0.5, 0.6) is 0 Å². The molecule has 6 rings (SSSR count). The molecule has 0 radical (unpaired) electrons. The highest BCUT2D eigenvalue weighted by atomic mass is 16.7. The molecule has 6 aliphatic rings. The monoisotopic (exact) mass is 1380 g/mol. The third-order valence-corrected chi connectivity index (χ3v) is 16.5. The van der Waals surface area contributed by atoms with Gasteiger partial charge in [-0.1, -0.05) is 6.92 Å². The minimum Gasteiger partial charge on any atom is -0.737 e. The molecular formula is C50H95N10O34-3. The number of nitrogens with zero attached hydrogens (tertiary/aromatic N) is 9. The molecule has 6 saturated heterocycles. The van der Waals surface area contributed by atoms with Crippen LogP contribution in [-0.2, 0) is 61.6 Å². The Kier molecular flexibility index (Phi) is 34.5. The molecule has 6 heterocycles. The molecule has 0 bridgehead atoms. The molecule has 30 atom stereocenters. The van der Waals surface area contributed by atoms with Gasteiger partial charge in [0.05, 0.1) is 57.8 Å². The second kappa shape index (κ2) is 39.4. The summed E-state index contributed by atoms with van der Waals surface area (Å²) in [5.74, 6) is 0. The normalized spacial score (nSPS) is 41.6. The predicted molar refractivity (Wildman–Crippen MR) is 304 cm³/mol. The standard InChI is InChI=1S/C17H33N3O12.C17H33N3O11.C16H32N4O11/c1-8-11(22)12(23)16(10(7-21)30-8)32-17-14(25)13(24)15(29-3)9(31-17)6-19(4-5-28-2)20(27)18-26;1-4-5-19(20(27)18-26)6-9-15(28-3)13(24)14(25)17(30-9)31-16-10(7-21)29-8(2)11(22)12(16)23;1-7-10(22)11(23)15(9(6-21)29-7)31-16-13(25)12(24)14(28-2)8(30-16)5-19(4-3-17)20(27)18-26/h8-17,21-26H,4-7H2,1-3H3;8-17,21-26H,4-7H2,1-3H3;7-16,21-26H,3-6,17H2,1-2H3/p-3/b3*20-18-/t2*8-,9-,10-,11+,12-,13-,14-,15?,16?,17-;7-,8-,9-,10+,11-,12-,13-,14?,15?,16-/m111/s1. The maximum atomic E-state index is 11.8. The molecule has 0 aromatic rings. The summed E-state index contributed by atoms with van der Waals surface area (Å²) in [7, 11) is 5.16. The van der Waals surface area contributed by atoms with Gasteiger partial charge in [0.25, 0.3) is 0 Å². The number of ether oxygens (including phenoxy) is 13. The van der Waals surface area contributed by atoms with Gasteiger partial charge >= 0.3 is 0 Å². The summed E-state index contributed by atoms with van der Waals surface area (Å²) >= 11 is 0. The first-order valence-corrected chi connectivity index (χ1v) is 29.9. The number of aliphatic hydroxyl groups excluding tert-OH is 15. The summed E-state index contributed by atoms with van der Waals surface area (Å²) in [6, 6.07) is 0. The van der Waals surface area contributed by atoms with Crippen LogP contribution in [0.25, 0.3) is 0 Å². The lowest BCUT2D eigenvalue weighted by Gasteiger charge is -2.46. The SMILES string of the molecule is CCCN(C[C@H]1O[C@H](OC2[C@@H](CO)O[C@H](C)[C@H](O)[C@H]2O)[C@H](O)[C@@H](O)C1OC)/[N+]([O-])=N/[O-].COC1[C@@H](CN(CCN)/[N+]([O-])=N/[O-])O[C@H](OC2[C@@H](CO)O[C@H](C)[C@H](O)[C@H]2O)[C@H](O)[C@H]1O.COCCN(C[C@H]1O[C@H](OC2[C@@H](CO)O[C@H](C)[C@H](O)[C@H]2O)[C@H](O)[C@@H](O)C1OC)/[N+]([O-])=N/[O-]. The molecule has 0 aromatic heterocycles. The van der Waals surface area contributed by atoms with E-state index in [4.69, 9.17) is 67.3 Å². The highest BCUT2D eigenvalue weighted by Gasteiger charge is 2.55. The highest BCUT2D eigenvalue weighted by Crippen LogP contribution is 2.34. The van der Waals surface area contributed by atoms with Crippen LogP contribution in [-0.4, -0.2) is 391 Å². The van der Waals surface area contributed by atoms with E-state index in [1.807, 2.05) is 0 Å². The summed E-state index contributed by atoms with van der Waals surface area (Å²) in [6.07, 6.45) is -38.1. The quantitative estimate of drug-likeness (QED) is 0.0196. The first-order valence-electron chi connectivity index (χ1n) is 29.9. The molecule has 6 fully saturated rings. The Balaban J connectivity index is 0.000000300. The van der Waals surface area contributed by atoms with Crippen molar-refractivity contribution in [2.75, 3.05) is 101 Å². The summed E-state index contributed by atoms with van der Waals surface area (Å²) in [6.45, 7) is 3.92. The van der Waals surface area contributed by atoms with Crippen LogP contribution in [0.3, 0.4) is 0 Å². The number of rotatable bonds is 28. The van der Waals surface area contributed by atoms with Gasteiger partial charge in [-0.2, -0.15) is 0 Å². The topological polar surface area (TPSA) is 644 Å². The van der Waals surface area contributed by atoms with Crippen LogP contribution in [0.4, 0.5) is 0 Å². The van der Waals surface area contributed by atoms with E-state index >= 15 is 0 Å². The smallest absolute Gasteiger partial charge is 0.187 e. The van der Waals surface area contributed by atoms with Crippen molar-refractivity contribution in [2.45, 2.75) is 218 Å². The molecule has 0 aliphatic carbocycles. The van der Waals surface area contributed by atoms with Crippen LogP contribution >= 0.6 is 0 Å². The second-order valence-corrected chi connectivity index (χ2v) is 22.6. The maximum absolute atomic E-state index is 11.8. The molecule has 6 aliphatic heterocycles. The lowest BCUT2D eigenvalue weighted by Crippen LogP contribution is -2.65. The lowest BCUT2D eigenvalue weighted by atomic mass is 9.94. The fourth-order valence-electron chi connectivity index (χ4n) is 11.3. The summed E-state index contributed by atoms with van der Waals surface area (Å²) in [5.41, 5.74) is 5.44. The summed E-state index contributed by atoms with van der Waals surface area (Å²) in [5, 5.41) is 230. The van der Waals surface area contributed by atoms with Gasteiger partial charge in [-0.15, -0.1) is 15.0 Å². The Morgan fingerprint density at radius 3 is 0.894 bits per heavy atom. The maximum Gasteiger partial charge on any atom is 0.187 e. The summed E-state index contributed by atoms with van der Waals surface area (Å²) in [4.78, 5) is -0.583. The molecule has 17 N–H and O–H groups in total. The Hall–Kier alpha value is -4.16. The van der Waals surface area contributed by atoms with Crippen molar-refractivity contribution >= 4 is 0 Å². The molecule has 94 heavy (non-hydrogen) atoms. The minimum absolute atomic E-state index is 0.00357. The van der Waals surface area contributed by atoms with Crippen LogP contribution in [0.15, 0.2) is 15.8 Å². The van der Waals surface area contributed by atoms with E-state index in [0.717, 1.165) is 15.0 Å². The van der Waals surface area contributed by atoms with E-state index in [-0.39, 0.29) is 67.3 Å². The Morgan fingerprint density at radius 2 is 0.660 bits per heavy atom. The van der Waals surface area contributed by atoms with Gasteiger partial charge in [-0.05, 0) is 43.0 Å². The van der Waals surface area contributed by atoms with Crippen molar-refractivity contribution < 1.29 is 153 Å². The molecule has 552 valence electrons. The molecule has 0 saturated carbocycles.